The second-order valence-corrected chi connectivity index (χ2v) is 5.94. The molecule has 1 aromatic rings. The molecule has 20 heavy (non-hydrogen) atoms. The molecular formula is C12H18FN3O3S. The number of rotatable bonds is 7. The van der Waals surface area contributed by atoms with Crippen LogP contribution in [0.1, 0.15) is 13.3 Å². The van der Waals surface area contributed by atoms with Crippen molar-refractivity contribution in [3.8, 4) is 0 Å². The molecule has 8 heteroatoms. The third kappa shape index (κ3) is 4.87. The van der Waals surface area contributed by atoms with E-state index in [4.69, 9.17) is 0 Å². The Kier molecular flexibility index (Phi) is 6.05. The molecule has 0 unspecified atom stereocenters. The molecule has 0 radical (unpaired) electrons. The first kappa shape index (κ1) is 16.5. The number of benzene rings is 1. The van der Waals surface area contributed by atoms with Gasteiger partial charge in [0.1, 0.15) is 5.82 Å². The maximum atomic E-state index is 13.4. The molecule has 0 aliphatic heterocycles. The van der Waals surface area contributed by atoms with Gasteiger partial charge >= 0.3 is 0 Å². The van der Waals surface area contributed by atoms with Gasteiger partial charge in [0.05, 0.1) is 10.6 Å². The van der Waals surface area contributed by atoms with Gasteiger partial charge in [-0.05, 0) is 38.2 Å². The molecule has 1 aromatic carbocycles. The normalized spacial score (nSPS) is 11.3. The Balaban J connectivity index is 2.86. The van der Waals surface area contributed by atoms with Crippen molar-refractivity contribution >= 4 is 21.6 Å². The zero-order valence-corrected chi connectivity index (χ0v) is 12.2. The molecule has 6 nitrogen and oxygen atoms in total. The first-order valence-corrected chi connectivity index (χ1v) is 7.56. The summed E-state index contributed by atoms with van der Waals surface area (Å²) in [5.74, 6) is -1.16. The molecule has 0 heterocycles. The van der Waals surface area contributed by atoms with E-state index >= 15 is 0 Å². The minimum absolute atomic E-state index is 0.0906. The van der Waals surface area contributed by atoms with Crippen LogP contribution in [0, 0.1) is 5.82 Å². The predicted octanol–water partition coefficient (Wildman–Crippen LogP) is 0.672. The van der Waals surface area contributed by atoms with Gasteiger partial charge in [-0.15, -0.1) is 0 Å². The summed E-state index contributed by atoms with van der Waals surface area (Å²) in [5.41, 5.74) is -0.157. The van der Waals surface area contributed by atoms with Gasteiger partial charge in [0.15, 0.2) is 0 Å². The highest BCUT2D eigenvalue weighted by atomic mass is 32.2. The van der Waals surface area contributed by atoms with E-state index in [0.717, 1.165) is 18.2 Å². The van der Waals surface area contributed by atoms with Crippen LogP contribution in [0.4, 0.5) is 10.1 Å². The van der Waals surface area contributed by atoms with Crippen molar-refractivity contribution in [1.29, 1.82) is 0 Å². The van der Waals surface area contributed by atoms with E-state index in [9.17, 15) is 17.6 Å². The molecule has 0 fully saturated rings. The van der Waals surface area contributed by atoms with Gasteiger partial charge in [-0.1, -0.05) is 0 Å². The molecule has 1 amide bonds. The molecule has 0 bridgehead atoms. The van der Waals surface area contributed by atoms with Crippen molar-refractivity contribution in [2.24, 2.45) is 0 Å². The lowest BCUT2D eigenvalue weighted by atomic mass is 10.3. The monoisotopic (exact) mass is 303 g/mol. The van der Waals surface area contributed by atoms with Gasteiger partial charge in [0.25, 0.3) is 0 Å². The van der Waals surface area contributed by atoms with Gasteiger partial charge < -0.3 is 10.6 Å². The fraction of sp³-hybridized carbons (Fsp3) is 0.417. The van der Waals surface area contributed by atoms with Crippen LogP contribution >= 0.6 is 0 Å². The maximum Gasteiger partial charge on any atom is 0.240 e. The number of hydrogen-bond donors (Lipinski definition) is 3. The Labute approximate surface area is 117 Å². The maximum absolute atomic E-state index is 13.4. The molecule has 0 aliphatic rings. The molecule has 0 aliphatic carbocycles. The first-order valence-electron chi connectivity index (χ1n) is 6.08. The number of nitrogens with one attached hydrogen (secondary N) is 3. The summed E-state index contributed by atoms with van der Waals surface area (Å²) < 4.78 is 39.8. The molecular weight excluding hydrogens is 285 g/mol. The molecule has 0 spiro atoms. The lowest BCUT2D eigenvalue weighted by Gasteiger charge is -2.09. The van der Waals surface area contributed by atoms with Gasteiger partial charge in [0.2, 0.25) is 15.9 Å². The summed E-state index contributed by atoms with van der Waals surface area (Å²) in [6.45, 7) is 2.18. The molecule has 3 N–H and O–H groups in total. The van der Waals surface area contributed by atoms with Crippen LogP contribution in [-0.4, -0.2) is 34.5 Å². The third-order valence-electron chi connectivity index (χ3n) is 2.45. The molecule has 0 saturated carbocycles. The lowest BCUT2D eigenvalue weighted by Crippen LogP contribution is -2.27. The number of amides is 1. The summed E-state index contributed by atoms with van der Waals surface area (Å²) in [4.78, 5) is 10.8. The summed E-state index contributed by atoms with van der Waals surface area (Å²) in [6, 6.07) is 3.26. The SMILES string of the molecule is CNCCCNS(=O)(=O)c1ccc(F)c(NC(C)=O)c1. The van der Waals surface area contributed by atoms with Crippen molar-refractivity contribution in [1.82, 2.24) is 10.0 Å². The van der Waals surface area contributed by atoms with Gasteiger partial charge in [-0.25, -0.2) is 17.5 Å². The van der Waals surface area contributed by atoms with Crippen molar-refractivity contribution in [2.45, 2.75) is 18.2 Å². The Bertz CT molecular complexity index is 575. The lowest BCUT2D eigenvalue weighted by molar-refractivity contribution is -0.114. The van der Waals surface area contributed by atoms with Crippen molar-refractivity contribution in [3.63, 3.8) is 0 Å². The summed E-state index contributed by atoms with van der Waals surface area (Å²) in [6.07, 6.45) is 0.634. The second kappa shape index (κ2) is 7.32. The predicted molar refractivity (Wildman–Crippen MR) is 74.4 cm³/mol. The van der Waals surface area contributed by atoms with Crippen LogP contribution in [0.15, 0.2) is 23.1 Å². The van der Waals surface area contributed by atoms with E-state index in [1.54, 1.807) is 7.05 Å². The van der Waals surface area contributed by atoms with Crippen molar-refractivity contribution in [3.05, 3.63) is 24.0 Å². The van der Waals surface area contributed by atoms with E-state index in [-0.39, 0.29) is 17.1 Å². The van der Waals surface area contributed by atoms with Crippen LogP contribution < -0.4 is 15.4 Å². The van der Waals surface area contributed by atoms with Gasteiger partial charge in [-0.3, -0.25) is 4.79 Å². The number of sulfonamides is 1. The van der Waals surface area contributed by atoms with Crippen LogP contribution in [-0.2, 0) is 14.8 Å². The molecule has 0 saturated heterocycles. The topological polar surface area (TPSA) is 87.3 Å². The van der Waals surface area contributed by atoms with E-state index in [2.05, 4.69) is 15.4 Å². The average molecular weight is 303 g/mol. The fourth-order valence-corrected chi connectivity index (χ4v) is 2.61. The van der Waals surface area contributed by atoms with Crippen molar-refractivity contribution in [2.75, 3.05) is 25.5 Å². The molecule has 1 rings (SSSR count). The first-order chi connectivity index (χ1) is 9.36. The van der Waals surface area contributed by atoms with Crippen molar-refractivity contribution < 1.29 is 17.6 Å². The average Bonchev–Trinajstić information content (AvgIpc) is 2.36. The Hall–Kier alpha value is -1.51. The zero-order chi connectivity index (χ0) is 15.2. The van der Waals surface area contributed by atoms with Crippen LogP contribution in [0.3, 0.4) is 0 Å². The summed E-state index contributed by atoms with van der Waals surface area (Å²) in [5, 5.41) is 5.15. The highest BCUT2D eigenvalue weighted by Crippen LogP contribution is 2.19. The number of halogens is 1. The number of anilines is 1. The van der Waals surface area contributed by atoms with E-state index in [0.29, 0.717) is 13.0 Å². The summed E-state index contributed by atoms with van der Waals surface area (Å²) in [7, 11) is -1.94. The number of carbonyl (C=O) groups is 1. The van der Waals surface area contributed by atoms with Crippen LogP contribution in [0.5, 0.6) is 0 Å². The highest BCUT2D eigenvalue weighted by Gasteiger charge is 2.16. The molecule has 0 atom stereocenters. The fourth-order valence-electron chi connectivity index (χ4n) is 1.51. The Morgan fingerprint density at radius 1 is 1.30 bits per heavy atom. The van der Waals surface area contributed by atoms with Gasteiger partial charge in [0, 0.05) is 13.5 Å². The smallest absolute Gasteiger partial charge is 0.240 e. The Morgan fingerprint density at radius 3 is 2.60 bits per heavy atom. The third-order valence-corrected chi connectivity index (χ3v) is 3.91. The summed E-state index contributed by atoms with van der Waals surface area (Å²) >= 11 is 0. The van der Waals surface area contributed by atoms with Crippen LogP contribution in [0.25, 0.3) is 0 Å². The minimum Gasteiger partial charge on any atom is -0.324 e. The quantitative estimate of drug-likeness (QED) is 0.646. The largest absolute Gasteiger partial charge is 0.324 e. The molecule has 0 aromatic heterocycles. The van der Waals surface area contributed by atoms with Crippen LogP contribution in [0.2, 0.25) is 0 Å². The second-order valence-electron chi connectivity index (χ2n) is 4.18. The minimum atomic E-state index is -3.71. The van der Waals surface area contributed by atoms with E-state index < -0.39 is 21.7 Å². The van der Waals surface area contributed by atoms with E-state index in [1.807, 2.05) is 0 Å². The highest BCUT2D eigenvalue weighted by molar-refractivity contribution is 7.89. The molecule has 112 valence electrons. The zero-order valence-electron chi connectivity index (χ0n) is 11.4. The van der Waals surface area contributed by atoms with E-state index in [1.165, 1.54) is 6.92 Å². The van der Waals surface area contributed by atoms with Gasteiger partial charge in [-0.2, -0.15) is 0 Å². The number of carbonyl (C=O) groups excluding carboxylic acids is 1. The standard InChI is InChI=1S/C12H18FN3O3S/c1-9(17)16-12-8-10(4-5-11(12)13)20(18,19)15-7-3-6-14-2/h4-5,8,14-15H,3,6-7H2,1-2H3,(H,16,17). The number of hydrogen-bond acceptors (Lipinski definition) is 4. The Morgan fingerprint density at radius 2 is 2.00 bits per heavy atom.